The molecule has 3 heteroatoms. The Kier molecular flexibility index (Phi) is 4.08. The van der Waals surface area contributed by atoms with Crippen LogP contribution in [0, 0.1) is 0 Å². The van der Waals surface area contributed by atoms with E-state index in [0.717, 1.165) is 28.6 Å². The van der Waals surface area contributed by atoms with Crippen LogP contribution in [0.2, 0.25) is 0 Å². The molecular formula is C17H18BrNO. The zero-order valence-corrected chi connectivity index (χ0v) is 12.8. The molecule has 1 saturated carbocycles. The van der Waals surface area contributed by atoms with E-state index in [4.69, 9.17) is 0 Å². The third-order valence-corrected chi connectivity index (χ3v) is 4.50. The number of hydrogen-bond acceptors (Lipinski definition) is 2. The van der Waals surface area contributed by atoms with Crippen molar-refractivity contribution in [3.8, 4) is 0 Å². The van der Waals surface area contributed by atoms with E-state index >= 15 is 0 Å². The molecule has 0 amide bonds. The van der Waals surface area contributed by atoms with Gasteiger partial charge in [-0.15, -0.1) is 0 Å². The van der Waals surface area contributed by atoms with Gasteiger partial charge in [-0.25, -0.2) is 0 Å². The van der Waals surface area contributed by atoms with Gasteiger partial charge in [-0.2, -0.15) is 0 Å². The Labute approximate surface area is 128 Å². The van der Waals surface area contributed by atoms with Gasteiger partial charge in [0.05, 0.1) is 6.61 Å². The number of aliphatic hydroxyl groups excluding tert-OH is 1. The van der Waals surface area contributed by atoms with E-state index in [1.54, 1.807) is 0 Å². The van der Waals surface area contributed by atoms with Crippen molar-refractivity contribution in [1.82, 2.24) is 0 Å². The molecule has 1 aliphatic carbocycles. The first kappa shape index (κ1) is 13.7. The largest absolute Gasteiger partial charge is 0.392 e. The summed E-state index contributed by atoms with van der Waals surface area (Å²) in [4.78, 5) is 0. The van der Waals surface area contributed by atoms with E-state index in [1.165, 1.54) is 5.56 Å². The number of rotatable bonds is 4. The molecule has 0 aromatic heterocycles. The summed E-state index contributed by atoms with van der Waals surface area (Å²) in [6, 6.07) is 17.1. The highest BCUT2D eigenvalue weighted by molar-refractivity contribution is 9.10. The minimum atomic E-state index is 0.0882. The summed E-state index contributed by atoms with van der Waals surface area (Å²) >= 11 is 3.53. The van der Waals surface area contributed by atoms with Crippen molar-refractivity contribution in [2.24, 2.45) is 0 Å². The van der Waals surface area contributed by atoms with Crippen LogP contribution in [0.1, 0.15) is 29.9 Å². The van der Waals surface area contributed by atoms with Crippen LogP contribution < -0.4 is 5.32 Å². The highest BCUT2D eigenvalue weighted by Crippen LogP contribution is 2.39. The predicted octanol–water partition coefficient (Wildman–Crippen LogP) is 4.30. The van der Waals surface area contributed by atoms with Gasteiger partial charge in [-0.3, -0.25) is 0 Å². The van der Waals surface area contributed by atoms with Crippen LogP contribution in [0.15, 0.2) is 53.0 Å². The summed E-state index contributed by atoms with van der Waals surface area (Å²) in [6.45, 7) is 0.0882. The summed E-state index contributed by atoms with van der Waals surface area (Å²) in [7, 11) is 0. The molecule has 1 aliphatic rings. The second kappa shape index (κ2) is 5.98. The number of halogens is 1. The topological polar surface area (TPSA) is 32.3 Å². The zero-order chi connectivity index (χ0) is 13.9. The van der Waals surface area contributed by atoms with Crippen molar-refractivity contribution in [3.05, 3.63) is 64.1 Å². The maximum atomic E-state index is 9.34. The van der Waals surface area contributed by atoms with Gasteiger partial charge in [-0.1, -0.05) is 46.3 Å². The molecular weight excluding hydrogens is 314 g/mol. The van der Waals surface area contributed by atoms with Gasteiger partial charge in [0.15, 0.2) is 0 Å². The van der Waals surface area contributed by atoms with Gasteiger partial charge >= 0.3 is 0 Å². The summed E-state index contributed by atoms with van der Waals surface area (Å²) < 4.78 is 1.15. The van der Waals surface area contributed by atoms with Crippen molar-refractivity contribution < 1.29 is 5.11 Å². The molecule has 0 spiro atoms. The maximum Gasteiger partial charge on any atom is 0.0701 e. The van der Waals surface area contributed by atoms with Crippen molar-refractivity contribution in [2.45, 2.75) is 31.4 Å². The number of para-hydroxylation sites is 1. The van der Waals surface area contributed by atoms with E-state index < -0.39 is 0 Å². The fourth-order valence-corrected chi connectivity index (χ4v) is 3.20. The fraction of sp³-hybridized carbons (Fsp3) is 0.294. The van der Waals surface area contributed by atoms with Crippen molar-refractivity contribution in [2.75, 3.05) is 5.32 Å². The van der Waals surface area contributed by atoms with E-state index in [-0.39, 0.29) is 6.61 Å². The molecule has 2 aromatic rings. The summed E-state index contributed by atoms with van der Waals surface area (Å²) in [5, 5.41) is 12.9. The lowest BCUT2D eigenvalue weighted by molar-refractivity contribution is 0.282. The summed E-state index contributed by atoms with van der Waals surface area (Å²) in [5.74, 6) is 0.645. The lowest BCUT2D eigenvalue weighted by Crippen LogP contribution is -2.34. The molecule has 0 heterocycles. The summed E-state index contributed by atoms with van der Waals surface area (Å²) in [6.07, 6.45) is 2.30. The monoisotopic (exact) mass is 331 g/mol. The minimum Gasteiger partial charge on any atom is -0.392 e. The molecule has 2 nitrogen and oxygen atoms in total. The lowest BCUT2D eigenvalue weighted by Gasteiger charge is -2.37. The smallest absolute Gasteiger partial charge is 0.0701 e. The second-order valence-corrected chi connectivity index (χ2v) is 6.30. The molecule has 104 valence electrons. The number of aliphatic hydroxyl groups is 1. The number of anilines is 1. The average Bonchev–Trinajstić information content (AvgIpc) is 2.42. The van der Waals surface area contributed by atoms with Crippen LogP contribution in [0.4, 0.5) is 5.69 Å². The van der Waals surface area contributed by atoms with Crippen LogP contribution >= 0.6 is 15.9 Å². The quantitative estimate of drug-likeness (QED) is 0.875. The predicted molar refractivity (Wildman–Crippen MR) is 85.9 cm³/mol. The zero-order valence-electron chi connectivity index (χ0n) is 11.2. The number of hydrogen-bond donors (Lipinski definition) is 2. The van der Waals surface area contributed by atoms with Gasteiger partial charge in [0.2, 0.25) is 0 Å². The van der Waals surface area contributed by atoms with E-state index in [1.807, 2.05) is 24.3 Å². The van der Waals surface area contributed by atoms with E-state index in [0.29, 0.717) is 12.0 Å². The molecule has 1 fully saturated rings. The molecule has 0 saturated heterocycles. The first-order valence-electron chi connectivity index (χ1n) is 6.97. The van der Waals surface area contributed by atoms with Gasteiger partial charge < -0.3 is 10.4 Å². The molecule has 3 rings (SSSR count). The van der Waals surface area contributed by atoms with Crippen LogP contribution in [0.3, 0.4) is 0 Å². The first-order chi connectivity index (χ1) is 9.76. The third-order valence-electron chi connectivity index (χ3n) is 4.01. The van der Waals surface area contributed by atoms with E-state index in [9.17, 15) is 5.11 Å². The summed E-state index contributed by atoms with van der Waals surface area (Å²) in [5.41, 5.74) is 3.44. The van der Waals surface area contributed by atoms with Gasteiger partial charge in [0.25, 0.3) is 0 Å². The first-order valence-corrected chi connectivity index (χ1v) is 7.76. The SMILES string of the molecule is OCc1ccccc1NC1CC(c2cccc(Br)c2)C1. The third kappa shape index (κ3) is 2.89. The average molecular weight is 332 g/mol. The fourth-order valence-electron chi connectivity index (χ4n) is 2.79. The molecule has 2 N–H and O–H groups in total. The highest BCUT2D eigenvalue weighted by atomic mass is 79.9. The van der Waals surface area contributed by atoms with Crippen LogP contribution in [-0.4, -0.2) is 11.1 Å². The standard InChI is InChI=1S/C17H18BrNO/c18-15-6-3-5-12(8-15)14-9-16(10-14)19-17-7-2-1-4-13(17)11-20/h1-8,14,16,19-20H,9-11H2. The number of nitrogens with one attached hydrogen (secondary N) is 1. The van der Waals surface area contributed by atoms with Crippen molar-refractivity contribution in [1.29, 1.82) is 0 Å². The minimum absolute atomic E-state index is 0.0882. The van der Waals surface area contributed by atoms with Gasteiger partial charge in [0, 0.05) is 21.8 Å². The Morgan fingerprint density at radius 1 is 1.10 bits per heavy atom. The van der Waals surface area contributed by atoms with Crippen LogP contribution in [0.5, 0.6) is 0 Å². The van der Waals surface area contributed by atoms with E-state index in [2.05, 4.69) is 45.5 Å². The molecule has 0 unspecified atom stereocenters. The Balaban J connectivity index is 1.61. The van der Waals surface area contributed by atoms with Crippen LogP contribution in [0.25, 0.3) is 0 Å². The maximum absolute atomic E-state index is 9.34. The Hall–Kier alpha value is -1.32. The molecule has 0 radical (unpaired) electrons. The van der Waals surface area contributed by atoms with Gasteiger partial charge in [-0.05, 0) is 42.5 Å². The number of benzene rings is 2. The van der Waals surface area contributed by atoms with Crippen molar-refractivity contribution in [3.63, 3.8) is 0 Å². The molecule has 0 aliphatic heterocycles. The van der Waals surface area contributed by atoms with Crippen LogP contribution in [-0.2, 0) is 6.61 Å². The Bertz CT molecular complexity index is 593. The Morgan fingerprint density at radius 2 is 1.90 bits per heavy atom. The molecule has 2 aromatic carbocycles. The molecule has 0 atom stereocenters. The van der Waals surface area contributed by atoms with Crippen molar-refractivity contribution >= 4 is 21.6 Å². The molecule has 20 heavy (non-hydrogen) atoms. The lowest BCUT2D eigenvalue weighted by atomic mass is 9.76. The van der Waals surface area contributed by atoms with Gasteiger partial charge in [0.1, 0.15) is 0 Å². The second-order valence-electron chi connectivity index (χ2n) is 5.38. The Morgan fingerprint density at radius 3 is 2.65 bits per heavy atom. The normalized spacial score (nSPS) is 21.3. The highest BCUT2D eigenvalue weighted by Gasteiger charge is 2.30. The molecule has 0 bridgehead atoms.